The fourth-order valence-corrected chi connectivity index (χ4v) is 3.68. The maximum absolute atomic E-state index is 5.44. The summed E-state index contributed by atoms with van der Waals surface area (Å²) in [6, 6.07) is 11.1. The number of aryl methyl sites for hydroxylation is 2. The number of hydrogen-bond donors (Lipinski definition) is 1. The van der Waals surface area contributed by atoms with Gasteiger partial charge < -0.3 is 10.1 Å². The zero-order valence-electron chi connectivity index (χ0n) is 12.9. The van der Waals surface area contributed by atoms with Crippen LogP contribution in [-0.4, -0.2) is 7.11 Å². The Hall–Kier alpha value is -1.32. The molecule has 0 aliphatic rings. The van der Waals surface area contributed by atoms with Gasteiger partial charge >= 0.3 is 0 Å². The van der Waals surface area contributed by atoms with Crippen molar-refractivity contribution in [3.8, 4) is 5.75 Å². The highest BCUT2D eigenvalue weighted by Crippen LogP contribution is 2.30. The number of nitrogens with one attached hydrogen (secondary N) is 1. The molecule has 0 saturated heterocycles. The van der Waals surface area contributed by atoms with Gasteiger partial charge in [0.2, 0.25) is 0 Å². The van der Waals surface area contributed by atoms with E-state index in [-0.39, 0.29) is 6.04 Å². The molecule has 3 heteroatoms. The van der Waals surface area contributed by atoms with E-state index in [0.717, 1.165) is 5.75 Å². The Morgan fingerprint density at radius 2 is 1.70 bits per heavy atom. The van der Waals surface area contributed by atoms with E-state index in [4.69, 9.17) is 4.74 Å². The summed E-state index contributed by atoms with van der Waals surface area (Å²) in [5.74, 6) is 0.943. The van der Waals surface area contributed by atoms with Crippen molar-refractivity contribution in [2.45, 2.75) is 39.8 Å². The molecule has 0 bridgehead atoms. The largest absolute Gasteiger partial charge is 0.496 e. The number of para-hydroxylation sites is 1. The van der Waals surface area contributed by atoms with E-state index in [1.54, 1.807) is 7.11 Å². The predicted octanol–water partition coefficient (Wildman–Crippen LogP) is 4.79. The SMILES string of the molecule is COc1ccccc1C(C)NC(C)c1cc(C)sc1C. The second kappa shape index (κ2) is 6.42. The minimum absolute atomic E-state index is 0.251. The lowest BCUT2D eigenvalue weighted by atomic mass is 10.0. The normalized spacial score (nSPS) is 14.1. The fourth-order valence-electron chi connectivity index (χ4n) is 2.66. The third-order valence-corrected chi connectivity index (χ3v) is 4.63. The molecule has 2 atom stereocenters. The summed E-state index contributed by atoms with van der Waals surface area (Å²) in [6.45, 7) is 8.76. The summed E-state index contributed by atoms with van der Waals surface area (Å²) in [5.41, 5.74) is 2.60. The van der Waals surface area contributed by atoms with Crippen LogP contribution in [0.5, 0.6) is 5.75 Å². The zero-order valence-corrected chi connectivity index (χ0v) is 13.7. The van der Waals surface area contributed by atoms with Crippen LogP contribution < -0.4 is 10.1 Å². The van der Waals surface area contributed by atoms with Crippen LogP contribution in [0.4, 0.5) is 0 Å². The van der Waals surface area contributed by atoms with E-state index >= 15 is 0 Å². The average molecular weight is 289 g/mol. The molecular weight excluding hydrogens is 266 g/mol. The monoisotopic (exact) mass is 289 g/mol. The summed E-state index contributed by atoms with van der Waals surface area (Å²) in [7, 11) is 1.72. The van der Waals surface area contributed by atoms with Crippen molar-refractivity contribution in [1.29, 1.82) is 0 Å². The molecule has 0 radical (unpaired) electrons. The number of methoxy groups -OCH3 is 1. The Morgan fingerprint density at radius 1 is 1.05 bits per heavy atom. The molecule has 0 saturated carbocycles. The van der Waals surface area contributed by atoms with E-state index in [1.807, 2.05) is 23.5 Å². The minimum atomic E-state index is 0.251. The predicted molar refractivity (Wildman–Crippen MR) is 86.8 cm³/mol. The molecule has 2 unspecified atom stereocenters. The van der Waals surface area contributed by atoms with E-state index in [9.17, 15) is 0 Å². The zero-order chi connectivity index (χ0) is 14.7. The summed E-state index contributed by atoms with van der Waals surface area (Å²) in [5, 5.41) is 3.67. The molecule has 1 aromatic carbocycles. The maximum atomic E-state index is 5.44. The highest BCUT2D eigenvalue weighted by atomic mass is 32.1. The van der Waals surface area contributed by atoms with Gasteiger partial charge in [0.1, 0.15) is 5.75 Å². The molecule has 0 aliphatic carbocycles. The number of ether oxygens (including phenoxy) is 1. The molecule has 2 aromatic rings. The first-order valence-corrected chi connectivity index (χ1v) is 7.80. The number of thiophene rings is 1. The van der Waals surface area contributed by atoms with E-state index in [2.05, 4.69) is 51.2 Å². The van der Waals surface area contributed by atoms with Crippen molar-refractivity contribution in [2.75, 3.05) is 7.11 Å². The molecule has 1 heterocycles. The number of benzene rings is 1. The van der Waals surface area contributed by atoms with Crippen molar-refractivity contribution >= 4 is 11.3 Å². The van der Waals surface area contributed by atoms with Crippen LogP contribution in [0.25, 0.3) is 0 Å². The van der Waals surface area contributed by atoms with E-state index in [1.165, 1.54) is 20.9 Å². The molecule has 1 aromatic heterocycles. The lowest BCUT2D eigenvalue weighted by Crippen LogP contribution is -2.23. The van der Waals surface area contributed by atoms with Crippen LogP contribution in [0.2, 0.25) is 0 Å². The third kappa shape index (κ3) is 3.22. The lowest BCUT2D eigenvalue weighted by molar-refractivity contribution is 0.396. The first kappa shape index (κ1) is 15.1. The molecular formula is C17H23NOS. The van der Waals surface area contributed by atoms with Crippen LogP contribution >= 0.6 is 11.3 Å². The van der Waals surface area contributed by atoms with Gasteiger partial charge in [0.05, 0.1) is 7.11 Å². The minimum Gasteiger partial charge on any atom is -0.496 e. The first-order chi connectivity index (χ1) is 9.52. The Bertz CT molecular complexity index is 576. The Morgan fingerprint density at radius 3 is 2.30 bits per heavy atom. The van der Waals surface area contributed by atoms with Gasteiger partial charge in [-0.15, -0.1) is 11.3 Å². The molecule has 108 valence electrons. The van der Waals surface area contributed by atoms with Gasteiger partial charge in [-0.05, 0) is 45.4 Å². The second-order valence-corrected chi connectivity index (χ2v) is 6.68. The molecule has 0 spiro atoms. The lowest BCUT2D eigenvalue weighted by Gasteiger charge is -2.22. The first-order valence-electron chi connectivity index (χ1n) is 6.98. The fraction of sp³-hybridized carbons (Fsp3) is 0.412. The molecule has 20 heavy (non-hydrogen) atoms. The van der Waals surface area contributed by atoms with Gasteiger partial charge in [-0.1, -0.05) is 18.2 Å². The van der Waals surface area contributed by atoms with Gasteiger partial charge in [-0.3, -0.25) is 0 Å². The quantitative estimate of drug-likeness (QED) is 0.855. The standard InChI is InChI=1S/C17H23NOS/c1-11-10-16(14(4)20-11)13(3)18-12(2)15-8-6-7-9-17(15)19-5/h6-10,12-13,18H,1-5H3. The smallest absolute Gasteiger partial charge is 0.123 e. The van der Waals surface area contributed by atoms with Gasteiger partial charge in [0, 0.05) is 27.4 Å². The van der Waals surface area contributed by atoms with Crippen molar-refractivity contribution in [3.63, 3.8) is 0 Å². The highest BCUT2D eigenvalue weighted by Gasteiger charge is 2.16. The van der Waals surface area contributed by atoms with Gasteiger partial charge in [-0.25, -0.2) is 0 Å². The van der Waals surface area contributed by atoms with Crippen LogP contribution in [0.3, 0.4) is 0 Å². The summed E-state index contributed by atoms with van der Waals surface area (Å²) < 4.78 is 5.44. The maximum Gasteiger partial charge on any atom is 0.123 e. The Kier molecular flexibility index (Phi) is 4.84. The number of rotatable bonds is 5. The average Bonchev–Trinajstić information content (AvgIpc) is 2.77. The summed E-state index contributed by atoms with van der Waals surface area (Å²) in [6.07, 6.45) is 0. The molecule has 1 N–H and O–H groups in total. The van der Waals surface area contributed by atoms with Crippen LogP contribution in [0, 0.1) is 13.8 Å². The van der Waals surface area contributed by atoms with Crippen molar-refractivity contribution in [1.82, 2.24) is 5.32 Å². The topological polar surface area (TPSA) is 21.3 Å². The second-order valence-electron chi connectivity index (χ2n) is 5.22. The molecule has 0 amide bonds. The van der Waals surface area contributed by atoms with E-state index < -0.39 is 0 Å². The Labute approximate surface area is 125 Å². The van der Waals surface area contributed by atoms with Crippen LogP contribution in [0.1, 0.15) is 46.8 Å². The van der Waals surface area contributed by atoms with Gasteiger partial charge in [0.25, 0.3) is 0 Å². The van der Waals surface area contributed by atoms with E-state index in [0.29, 0.717) is 6.04 Å². The van der Waals surface area contributed by atoms with Crippen molar-refractivity contribution < 1.29 is 4.74 Å². The van der Waals surface area contributed by atoms with Gasteiger partial charge in [0.15, 0.2) is 0 Å². The van der Waals surface area contributed by atoms with Crippen molar-refractivity contribution in [3.05, 3.63) is 51.2 Å². The van der Waals surface area contributed by atoms with Gasteiger partial charge in [-0.2, -0.15) is 0 Å². The summed E-state index contributed by atoms with van der Waals surface area (Å²) in [4.78, 5) is 2.77. The highest BCUT2D eigenvalue weighted by molar-refractivity contribution is 7.12. The Balaban J connectivity index is 2.15. The molecule has 0 aliphatic heterocycles. The summed E-state index contributed by atoms with van der Waals surface area (Å²) >= 11 is 1.86. The number of hydrogen-bond acceptors (Lipinski definition) is 3. The molecule has 2 nitrogen and oxygen atoms in total. The van der Waals surface area contributed by atoms with Crippen LogP contribution in [0.15, 0.2) is 30.3 Å². The third-order valence-electron chi connectivity index (χ3n) is 3.65. The van der Waals surface area contributed by atoms with Crippen molar-refractivity contribution in [2.24, 2.45) is 0 Å². The molecule has 0 fully saturated rings. The molecule has 2 rings (SSSR count). The van der Waals surface area contributed by atoms with Crippen LogP contribution in [-0.2, 0) is 0 Å².